The largest absolute Gasteiger partial charge is 0.347 e. The van der Waals surface area contributed by atoms with E-state index in [1.54, 1.807) is 0 Å². The van der Waals surface area contributed by atoms with Gasteiger partial charge in [0.15, 0.2) is 0 Å². The lowest BCUT2D eigenvalue weighted by Gasteiger charge is -2.18. The molecule has 0 spiro atoms. The van der Waals surface area contributed by atoms with E-state index in [-0.39, 0.29) is 24.4 Å². The molecule has 0 bridgehead atoms. The van der Waals surface area contributed by atoms with Gasteiger partial charge in [-0.25, -0.2) is 9.97 Å². The summed E-state index contributed by atoms with van der Waals surface area (Å²) < 4.78 is 0. The lowest BCUT2D eigenvalue weighted by atomic mass is 9.95. The van der Waals surface area contributed by atoms with Crippen molar-refractivity contribution in [3.8, 4) is 0 Å². The smallest absolute Gasteiger partial charge is 0.241 e. The topological polar surface area (TPSA) is 66.9 Å². The van der Waals surface area contributed by atoms with Gasteiger partial charge >= 0.3 is 0 Å². The predicted octanol–water partition coefficient (Wildman–Crippen LogP) is 1.23. The first-order valence-corrected chi connectivity index (χ1v) is 7.27. The zero-order valence-corrected chi connectivity index (χ0v) is 13.0. The van der Waals surface area contributed by atoms with Crippen LogP contribution >= 0.6 is 12.4 Å². The van der Waals surface area contributed by atoms with Crippen molar-refractivity contribution in [3.05, 3.63) is 34.9 Å². The van der Waals surface area contributed by atoms with E-state index in [2.05, 4.69) is 20.6 Å². The highest BCUT2D eigenvalue weighted by atomic mass is 35.5. The summed E-state index contributed by atoms with van der Waals surface area (Å²) in [4.78, 5) is 21.0. The first kappa shape index (κ1) is 15.9. The maximum Gasteiger partial charge on any atom is 0.241 e. The molecular formula is C15H21ClN4O. The maximum absolute atomic E-state index is 11.9. The third-order valence-corrected chi connectivity index (χ3v) is 3.92. The number of carbonyl (C=O) groups excluding carboxylic acids is 1. The van der Waals surface area contributed by atoms with Gasteiger partial charge in [0.1, 0.15) is 11.9 Å². The van der Waals surface area contributed by atoms with Gasteiger partial charge < -0.3 is 5.32 Å². The van der Waals surface area contributed by atoms with Crippen LogP contribution in [0.3, 0.4) is 0 Å². The number of amides is 1. The average Bonchev–Trinajstić information content (AvgIpc) is 2.99. The zero-order chi connectivity index (χ0) is 13.9. The second-order valence-corrected chi connectivity index (χ2v) is 5.39. The fourth-order valence-electron chi connectivity index (χ4n) is 2.85. The average molecular weight is 309 g/mol. The summed E-state index contributed by atoms with van der Waals surface area (Å²) in [6.07, 6.45) is 8.40. The van der Waals surface area contributed by atoms with Crippen LogP contribution in [0.5, 0.6) is 0 Å². The molecule has 0 radical (unpaired) electrons. The van der Waals surface area contributed by atoms with E-state index in [0.29, 0.717) is 6.54 Å². The van der Waals surface area contributed by atoms with Crippen molar-refractivity contribution in [2.45, 2.75) is 45.2 Å². The van der Waals surface area contributed by atoms with Crippen molar-refractivity contribution in [3.63, 3.8) is 0 Å². The van der Waals surface area contributed by atoms with Crippen LogP contribution in [0.2, 0.25) is 0 Å². The molecule has 1 aromatic heterocycles. The van der Waals surface area contributed by atoms with E-state index in [9.17, 15) is 4.79 Å². The van der Waals surface area contributed by atoms with Crippen LogP contribution in [0, 0.1) is 6.92 Å². The Morgan fingerprint density at radius 1 is 1.38 bits per heavy atom. The van der Waals surface area contributed by atoms with Crippen molar-refractivity contribution in [2.24, 2.45) is 0 Å². The van der Waals surface area contributed by atoms with Crippen LogP contribution < -0.4 is 10.6 Å². The highest BCUT2D eigenvalue weighted by Gasteiger charge is 2.19. The van der Waals surface area contributed by atoms with Crippen LogP contribution in [0.15, 0.2) is 12.2 Å². The fraction of sp³-hybridized carbons (Fsp3) is 0.533. The number of aryl methyl sites for hydroxylation is 2. The lowest BCUT2D eigenvalue weighted by Crippen LogP contribution is -2.40. The van der Waals surface area contributed by atoms with Crippen LogP contribution in [-0.4, -0.2) is 28.5 Å². The van der Waals surface area contributed by atoms with E-state index >= 15 is 0 Å². The fourth-order valence-corrected chi connectivity index (χ4v) is 2.85. The Morgan fingerprint density at radius 2 is 2.19 bits per heavy atom. The second kappa shape index (κ2) is 7.00. The monoisotopic (exact) mass is 308 g/mol. The van der Waals surface area contributed by atoms with Crippen molar-refractivity contribution in [1.29, 1.82) is 0 Å². The minimum absolute atomic E-state index is 0. The molecule has 2 aliphatic rings. The summed E-state index contributed by atoms with van der Waals surface area (Å²) in [6, 6.07) is -0.214. The molecule has 0 saturated heterocycles. The molecule has 5 nitrogen and oxygen atoms in total. The summed E-state index contributed by atoms with van der Waals surface area (Å²) in [6.45, 7) is 3.20. The number of nitrogens with one attached hydrogen (secondary N) is 2. The van der Waals surface area contributed by atoms with E-state index in [4.69, 9.17) is 0 Å². The van der Waals surface area contributed by atoms with Crippen molar-refractivity contribution in [2.75, 3.05) is 6.54 Å². The molecule has 2 heterocycles. The van der Waals surface area contributed by atoms with Crippen LogP contribution in [0.4, 0.5) is 0 Å². The molecule has 114 valence electrons. The molecule has 2 N–H and O–H groups in total. The first-order valence-electron chi connectivity index (χ1n) is 7.27. The minimum Gasteiger partial charge on any atom is -0.347 e. The second-order valence-electron chi connectivity index (χ2n) is 5.39. The van der Waals surface area contributed by atoms with Crippen molar-refractivity contribution < 1.29 is 4.79 Å². The highest BCUT2D eigenvalue weighted by Crippen LogP contribution is 2.21. The Kier molecular flexibility index (Phi) is 5.31. The maximum atomic E-state index is 11.9. The SMILES string of the molecule is Cc1nc(CNC(=O)C2C=CCN2)nc2c1CCCC2.Cl. The number of hydrogen-bond donors (Lipinski definition) is 2. The van der Waals surface area contributed by atoms with E-state index in [1.165, 1.54) is 24.1 Å². The molecule has 1 atom stereocenters. The number of rotatable bonds is 3. The summed E-state index contributed by atoms with van der Waals surface area (Å²) >= 11 is 0. The lowest BCUT2D eigenvalue weighted by molar-refractivity contribution is -0.122. The van der Waals surface area contributed by atoms with E-state index < -0.39 is 0 Å². The molecule has 1 amide bonds. The van der Waals surface area contributed by atoms with Crippen LogP contribution in [0.25, 0.3) is 0 Å². The standard InChI is InChI=1S/C15H20N4O.ClH/c1-10-11-5-2-3-6-12(11)19-14(18-10)9-17-15(20)13-7-4-8-16-13;/h4,7,13,16H,2-3,5-6,8-9H2,1H3,(H,17,20);1H. The quantitative estimate of drug-likeness (QED) is 0.824. The van der Waals surface area contributed by atoms with Crippen LogP contribution in [0.1, 0.15) is 35.6 Å². The number of carbonyl (C=O) groups is 1. The van der Waals surface area contributed by atoms with Gasteiger partial charge in [-0.1, -0.05) is 12.2 Å². The van der Waals surface area contributed by atoms with E-state index in [0.717, 1.165) is 30.9 Å². The molecule has 21 heavy (non-hydrogen) atoms. The van der Waals surface area contributed by atoms with Gasteiger partial charge in [0, 0.05) is 17.9 Å². The summed E-state index contributed by atoms with van der Waals surface area (Å²) in [5, 5.41) is 5.99. The number of hydrogen-bond acceptors (Lipinski definition) is 4. The Morgan fingerprint density at radius 3 is 2.95 bits per heavy atom. The Hall–Kier alpha value is -1.46. The third kappa shape index (κ3) is 3.60. The number of aromatic nitrogens is 2. The molecule has 1 aliphatic heterocycles. The molecule has 6 heteroatoms. The van der Waals surface area contributed by atoms with Gasteiger partial charge in [-0.3, -0.25) is 10.1 Å². The van der Waals surface area contributed by atoms with Gasteiger partial charge in [-0.2, -0.15) is 0 Å². The molecule has 0 aromatic carbocycles. The van der Waals surface area contributed by atoms with Crippen molar-refractivity contribution in [1.82, 2.24) is 20.6 Å². The molecule has 1 aromatic rings. The third-order valence-electron chi connectivity index (χ3n) is 3.92. The number of nitrogens with zero attached hydrogens (tertiary/aromatic N) is 2. The Labute approximate surface area is 131 Å². The Balaban J connectivity index is 0.00000161. The number of fused-ring (bicyclic) bond motifs is 1. The summed E-state index contributed by atoms with van der Waals surface area (Å²) in [5.41, 5.74) is 3.55. The number of halogens is 1. The molecule has 0 fully saturated rings. The molecule has 1 unspecified atom stereocenters. The van der Waals surface area contributed by atoms with Gasteiger partial charge in [-0.05, 0) is 38.2 Å². The molecule has 3 rings (SSSR count). The highest BCUT2D eigenvalue weighted by molar-refractivity contribution is 5.85. The summed E-state index contributed by atoms with van der Waals surface area (Å²) in [5.74, 6) is 0.705. The van der Waals surface area contributed by atoms with Gasteiger partial charge in [0.2, 0.25) is 5.91 Å². The normalized spacial score (nSPS) is 19.8. The van der Waals surface area contributed by atoms with Gasteiger partial charge in [-0.15, -0.1) is 12.4 Å². The van der Waals surface area contributed by atoms with Crippen molar-refractivity contribution >= 4 is 18.3 Å². The Bertz CT molecular complexity index is 559. The van der Waals surface area contributed by atoms with Gasteiger partial charge in [0.05, 0.1) is 6.54 Å². The first-order chi connectivity index (χ1) is 9.74. The van der Waals surface area contributed by atoms with Gasteiger partial charge in [0.25, 0.3) is 0 Å². The minimum atomic E-state index is -0.214. The zero-order valence-electron chi connectivity index (χ0n) is 12.2. The molecule has 0 saturated carbocycles. The predicted molar refractivity (Wildman–Crippen MR) is 83.4 cm³/mol. The molecule has 1 aliphatic carbocycles. The van der Waals surface area contributed by atoms with Crippen LogP contribution in [-0.2, 0) is 24.2 Å². The summed E-state index contributed by atoms with van der Waals surface area (Å²) in [7, 11) is 0. The molecular weight excluding hydrogens is 288 g/mol. The van der Waals surface area contributed by atoms with E-state index in [1.807, 2.05) is 19.1 Å².